The fourth-order valence-electron chi connectivity index (χ4n) is 2.58. The van der Waals surface area contributed by atoms with Crippen molar-refractivity contribution in [2.24, 2.45) is 0 Å². The highest BCUT2D eigenvalue weighted by molar-refractivity contribution is 7.99. The Hall–Kier alpha value is -1.39. The average Bonchev–Trinajstić information content (AvgIpc) is 3.04. The minimum absolute atomic E-state index is 0.128. The van der Waals surface area contributed by atoms with Gasteiger partial charge in [-0.25, -0.2) is 0 Å². The molecule has 22 heavy (non-hydrogen) atoms. The molecule has 0 saturated carbocycles. The summed E-state index contributed by atoms with van der Waals surface area (Å²) >= 11 is 3.53. The van der Waals surface area contributed by atoms with E-state index >= 15 is 0 Å². The smallest absolute Gasteiger partial charge is 0.255 e. The Morgan fingerprint density at radius 1 is 1.14 bits per heavy atom. The lowest BCUT2D eigenvalue weighted by Crippen LogP contribution is -2.30. The van der Waals surface area contributed by atoms with Crippen molar-refractivity contribution in [3.8, 4) is 0 Å². The molecule has 1 heterocycles. The summed E-state index contributed by atoms with van der Waals surface area (Å²) in [5, 5.41) is 0.133. The second kappa shape index (κ2) is 6.80. The summed E-state index contributed by atoms with van der Waals surface area (Å²) in [6.45, 7) is 2.90. The first kappa shape index (κ1) is 15.5. The van der Waals surface area contributed by atoms with Gasteiger partial charge < -0.3 is 4.90 Å². The fraction of sp³-hybridized carbons (Fsp3) is 0.278. The first-order valence-corrected chi connectivity index (χ1v) is 9.59. The zero-order valence-corrected chi connectivity index (χ0v) is 14.4. The highest BCUT2D eigenvalue weighted by atomic mass is 32.2. The third-order valence-corrected chi connectivity index (χ3v) is 5.86. The van der Waals surface area contributed by atoms with Gasteiger partial charge in [0.15, 0.2) is 0 Å². The van der Waals surface area contributed by atoms with Gasteiger partial charge in [0.25, 0.3) is 5.91 Å². The van der Waals surface area contributed by atoms with Crippen LogP contribution in [0.15, 0.2) is 53.4 Å². The molecular formula is C18H19NOS2. The van der Waals surface area contributed by atoms with Crippen LogP contribution in [0.5, 0.6) is 0 Å². The largest absolute Gasteiger partial charge is 0.322 e. The van der Waals surface area contributed by atoms with Crippen LogP contribution in [0.1, 0.15) is 26.9 Å². The maximum absolute atomic E-state index is 12.8. The van der Waals surface area contributed by atoms with Gasteiger partial charge in [-0.05, 0) is 43.0 Å². The standard InChI is InChI=1S/C18H19NOS2/c1-13-3-5-15(6-4-13)18-19(11-12-22-18)17(20)14-7-9-16(21-2)10-8-14/h3-10,18H,11-12H2,1-2H3. The van der Waals surface area contributed by atoms with Crippen molar-refractivity contribution in [1.82, 2.24) is 4.90 Å². The highest BCUT2D eigenvalue weighted by Crippen LogP contribution is 2.38. The van der Waals surface area contributed by atoms with Crippen LogP contribution in [0.25, 0.3) is 0 Å². The molecule has 1 aliphatic heterocycles. The van der Waals surface area contributed by atoms with E-state index < -0.39 is 0 Å². The van der Waals surface area contributed by atoms with Crippen LogP contribution in [0.4, 0.5) is 0 Å². The van der Waals surface area contributed by atoms with Crippen molar-refractivity contribution >= 4 is 29.4 Å². The summed E-state index contributed by atoms with van der Waals surface area (Å²) < 4.78 is 0. The summed E-state index contributed by atoms with van der Waals surface area (Å²) in [5.74, 6) is 1.12. The van der Waals surface area contributed by atoms with Crippen molar-refractivity contribution < 1.29 is 4.79 Å². The maximum atomic E-state index is 12.8. The molecule has 2 nitrogen and oxygen atoms in total. The third kappa shape index (κ3) is 3.18. The van der Waals surface area contributed by atoms with Crippen LogP contribution in [0.3, 0.4) is 0 Å². The predicted molar refractivity (Wildman–Crippen MR) is 95.6 cm³/mol. The van der Waals surface area contributed by atoms with Gasteiger partial charge >= 0.3 is 0 Å². The molecule has 4 heteroatoms. The Bertz CT molecular complexity index is 652. The number of nitrogens with zero attached hydrogens (tertiary/aromatic N) is 1. The van der Waals surface area contributed by atoms with E-state index in [1.165, 1.54) is 16.0 Å². The van der Waals surface area contributed by atoms with Crippen LogP contribution in [0.2, 0.25) is 0 Å². The number of hydrogen-bond acceptors (Lipinski definition) is 3. The van der Waals surface area contributed by atoms with Gasteiger partial charge in [-0.2, -0.15) is 0 Å². The number of benzene rings is 2. The van der Waals surface area contributed by atoms with Gasteiger partial charge in [-0.15, -0.1) is 23.5 Å². The van der Waals surface area contributed by atoms with Crippen molar-refractivity contribution in [1.29, 1.82) is 0 Å². The molecule has 1 unspecified atom stereocenters. The van der Waals surface area contributed by atoms with E-state index in [9.17, 15) is 4.79 Å². The molecule has 1 aliphatic rings. The topological polar surface area (TPSA) is 20.3 Å². The second-order valence-corrected chi connectivity index (χ2v) is 7.43. The molecule has 0 spiro atoms. The molecule has 2 aromatic carbocycles. The molecular weight excluding hydrogens is 310 g/mol. The lowest BCUT2D eigenvalue weighted by Gasteiger charge is -2.24. The van der Waals surface area contributed by atoms with Crippen LogP contribution in [-0.2, 0) is 0 Å². The van der Waals surface area contributed by atoms with Crippen LogP contribution in [0, 0.1) is 6.92 Å². The second-order valence-electron chi connectivity index (χ2n) is 5.36. The van der Waals surface area contributed by atoms with Crippen molar-refractivity contribution in [2.75, 3.05) is 18.6 Å². The predicted octanol–water partition coefficient (Wildman–Crippen LogP) is 4.60. The highest BCUT2D eigenvalue weighted by Gasteiger charge is 2.31. The monoisotopic (exact) mass is 329 g/mol. The van der Waals surface area contributed by atoms with Crippen molar-refractivity contribution in [3.05, 3.63) is 65.2 Å². The Kier molecular flexibility index (Phi) is 4.79. The molecule has 114 valence electrons. The molecule has 1 saturated heterocycles. The summed E-state index contributed by atoms with van der Waals surface area (Å²) in [7, 11) is 0. The van der Waals surface area contributed by atoms with Gasteiger partial charge in [0.05, 0.1) is 0 Å². The Morgan fingerprint density at radius 2 is 1.82 bits per heavy atom. The molecule has 2 aromatic rings. The van der Waals surface area contributed by atoms with E-state index in [4.69, 9.17) is 0 Å². The zero-order chi connectivity index (χ0) is 15.5. The SMILES string of the molecule is CSc1ccc(C(=O)N2CCSC2c2ccc(C)cc2)cc1. The molecule has 0 radical (unpaired) electrons. The van der Waals surface area contributed by atoms with Crippen LogP contribution >= 0.6 is 23.5 Å². The fourth-order valence-corrected chi connectivity index (χ4v) is 4.25. The van der Waals surface area contributed by atoms with E-state index in [2.05, 4.69) is 31.2 Å². The quantitative estimate of drug-likeness (QED) is 0.767. The van der Waals surface area contributed by atoms with E-state index in [-0.39, 0.29) is 11.3 Å². The number of carbonyl (C=O) groups is 1. The van der Waals surface area contributed by atoms with E-state index in [0.29, 0.717) is 0 Å². The number of hydrogen-bond donors (Lipinski definition) is 0. The maximum Gasteiger partial charge on any atom is 0.255 e. The first-order chi connectivity index (χ1) is 10.7. The molecule has 3 rings (SSSR count). The molecule has 0 N–H and O–H groups in total. The molecule has 0 aromatic heterocycles. The lowest BCUT2D eigenvalue weighted by molar-refractivity contribution is 0.0760. The van der Waals surface area contributed by atoms with Gasteiger partial charge in [0, 0.05) is 22.8 Å². The summed E-state index contributed by atoms with van der Waals surface area (Å²) in [6, 6.07) is 16.4. The third-order valence-electron chi connectivity index (χ3n) is 3.85. The summed E-state index contributed by atoms with van der Waals surface area (Å²) in [6.07, 6.45) is 2.04. The van der Waals surface area contributed by atoms with Crippen molar-refractivity contribution in [3.63, 3.8) is 0 Å². The number of thioether (sulfide) groups is 2. The number of carbonyl (C=O) groups excluding carboxylic acids is 1. The molecule has 1 atom stereocenters. The Morgan fingerprint density at radius 3 is 2.45 bits per heavy atom. The van der Waals surface area contributed by atoms with Crippen molar-refractivity contribution in [2.45, 2.75) is 17.2 Å². The average molecular weight is 329 g/mol. The van der Waals surface area contributed by atoms with Gasteiger partial charge in [-0.1, -0.05) is 29.8 Å². The molecule has 0 bridgehead atoms. The van der Waals surface area contributed by atoms with E-state index in [1.54, 1.807) is 11.8 Å². The molecule has 1 fully saturated rings. The minimum Gasteiger partial charge on any atom is -0.322 e. The van der Waals surface area contributed by atoms with Crippen LogP contribution in [-0.4, -0.2) is 29.4 Å². The number of amides is 1. The summed E-state index contributed by atoms with van der Waals surface area (Å²) in [4.78, 5) is 16.0. The lowest BCUT2D eigenvalue weighted by atomic mass is 10.1. The minimum atomic E-state index is 0.128. The van der Waals surface area contributed by atoms with Crippen LogP contribution < -0.4 is 0 Å². The normalized spacial score (nSPS) is 17.7. The zero-order valence-electron chi connectivity index (χ0n) is 12.8. The Balaban J connectivity index is 1.82. The Labute approximate surface area is 140 Å². The summed E-state index contributed by atoms with van der Waals surface area (Å²) in [5.41, 5.74) is 3.23. The number of rotatable bonds is 3. The van der Waals surface area contributed by atoms with Gasteiger partial charge in [0.1, 0.15) is 5.37 Å². The van der Waals surface area contributed by atoms with Gasteiger partial charge in [0.2, 0.25) is 0 Å². The first-order valence-electron chi connectivity index (χ1n) is 7.32. The van der Waals surface area contributed by atoms with E-state index in [1.807, 2.05) is 47.2 Å². The van der Waals surface area contributed by atoms with Gasteiger partial charge in [-0.3, -0.25) is 4.79 Å². The molecule has 0 aliphatic carbocycles. The van der Waals surface area contributed by atoms with E-state index in [0.717, 1.165) is 17.9 Å². The number of aryl methyl sites for hydroxylation is 1. The molecule has 1 amide bonds.